The van der Waals surface area contributed by atoms with Crippen molar-refractivity contribution in [3.8, 4) is 5.75 Å². The van der Waals surface area contributed by atoms with Crippen LogP contribution in [0.4, 0.5) is 0 Å². The van der Waals surface area contributed by atoms with Crippen LogP contribution in [0.5, 0.6) is 5.75 Å². The van der Waals surface area contributed by atoms with Gasteiger partial charge in [-0.2, -0.15) is 0 Å². The molecule has 0 radical (unpaired) electrons. The van der Waals surface area contributed by atoms with Gasteiger partial charge in [-0.15, -0.1) is 0 Å². The lowest BCUT2D eigenvalue weighted by atomic mass is 9.83. The normalized spacial score (nSPS) is 47.6. The number of methoxy groups -OCH3 is 1. The molecular formula is C12H12O. The number of benzene rings is 1. The molecule has 13 heavy (non-hydrogen) atoms. The van der Waals surface area contributed by atoms with Gasteiger partial charge in [0, 0.05) is 0 Å². The summed E-state index contributed by atoms with van der Waals surface area (Å²) >= 11 is 0. The summed E-state index contributed by atoms with van der Waals surface area (Å²) in [6, 6.07) is 8.64. The van der Waals surface area contributed by atoms with Crippen LogP contribution in [0.1, 0.15) is 24.3 Å². The number of hydrogen-bond donors (Lipinski definition) is 0. The van der Waals surface area contributed by atoms with E-state index in [1.54, 1.807) is 12.7 Å². The molecule has 66 valence electrons. The Hall–Kier alpha value is -0.980. The highest BCUT2D eigenvalue weighted by Crippen LogP contribution is 3.12. The highest BCUT2D eigenvalue weighted by molar-refractivity contribution is 5.61. The lowest BCUT2D eigenvalue weighted by molar-refractivity contribution is 0.404. The molecule has 1 aromatic rings. The molecule has 0 saturated heterocycles. The molecule has 3 aliphatic rings. The summed E-state index contributed by atoms with van der Waals surface area (Å²) in [6.07, 6.45) is 3.05. The summed E-state index contributed by atoms with van der Waals surface area (Å²) in [7, 11) is 1.72. The van der Waals surface area contributed by atoms with Crippen molar-refractivity contribution < 1.29 is 4.74 Å². The average Bonchev–Trinajstić information content (AvgIpc) is 2.94. The minimum absolute atomic E-state index is 0.835. The number of hydrogen-bond acceptors (Lipinski definition) is 1. The van der Waals surface area contributed by atoms with Crippen molar-refractivity contribution in [3.05, 3.63) is 29.8 Å². The topological polar surface area (TPSA) is 9.23 Å². The molecule has 0 amide bonds. The van der Waals surface area contributed by atoms with E-state index in [4.69, 9.17) is 4.74 Å². The van der Waals surface area contributed by atoms with Gasteiger partial charge in [0.25, 0.3) is 0 Å². The zero-order valence-electron chi connectivity index (χ0n) is 7.71. The summed E-state index contributed by atoms with van der Waals surface area (Å²) in [5.41, 5.74) is 3.21. The van der Waals surface area contributed by atoms with E-state index in [1.165, 1.54) is 12.8 Å². The van der Waals surface area contributed by atoms with Crippen molar-refractivity contribution >= 4 is 0 Å². The summed E-state index contributed by atoms with van der Waals surface area (Å²) in [6.45, 7) is 0. The van der Waals surface area contributed by atoms with Gasteiger partial charge in [0.2, 0.25) is 0 Å². The van der Waals surface area contributed by atoms with Gasteiger partial charge in [-0.1, -0.05) is 12.1 Å². The quantitative estimate of drug-likeness (QED) is 0.666. The van der Waals surface area contributed by atoms with Gasteiger partial charge in [0.05, 0.1) is 7.11 Å². The molecule has 0 heterocycles. The van der Waals surface area contributed by atoms with E-state index in [-0.39, 0.29) is 0 Å². The maximum absolute atomic E-state index is 5.14. The van der Waals surface area contributed by atoms with Crippen molar-refractivity contribution in [2.24, 2.45) is 10.8 Å². The van der Waals surface area contributed by atoms with Gasteiger partial charge in [-0.3, -0.25) is 0 Å². The molecule has 0 aliphatic heterocycles. The van der Waals surface area contributed by atoms with Gasteiger partial charge in [-0.25, -0.2) is 0 Å². The lowest BCUT2D eigenvalue weighted by Gasteiger charge is -2.21. The summed E-state index contributed by atoms with van der Waals surface area (Å²) in [5, 5.41) is 0. The van der Waals surface area contributed by atoms with E-state index >= 15 is 0 Å². The molecule has 0 N–H and O–H groups in total. The first kappa shape index (κ1) is 6.47. The first-order valence-electron chi connectivity index (χ1n) is 4.96. The molecule has 1 heteroatoms. The molecule has 1 nitrogen and oxygen atoms in total. The minimum Gasteiger partial charge on any atom is -0.497 e. The molecular weight excluding hydrogens is 160 g/mol. The minimum atomic E-state index is 0.835. The Morgan fingerprint density at radius 2 is 1.77 bits per heavy atom. The Bertz CT molecular complexity index is 370. The summed E-state index contributed by atoms with van der Waals surface area (Å²) in [5.74, 6) is 1.91. The van der Waals surface area contributed by atoms with Crippen LogP contribution in [-0.2, 0) is 0 Å². The maximum atomic E-state index is 5.14. The molecule has 4 rings (SSSR count). The predicted octanol–water partition coefficient (Wildman–Crippen LogP) is 2.57. The number of rotatable bonds is 2. The van der Waals surface area contributed by atoms with Crippen molar-refractivity contribution in [1.29, 1.82) is 0 Å². The van der Waals surface area contributed by atoms with Crippen molar-refractivity contribution in [2.75, 3.05) is 7.11 Å². The SMILES string of the molecule is COc1ccc(C2C34CC23C4)cc1. The fourth-order valence-corrected chi connectivity index (χ4v) is 3.30. The van der Waals surface area contributed by atoms with Crippen LogP contribution >= 0.6 is 0 Å². The second-order valence-corrected chi connectivity index (χ2v) is 4.87. The Labute approximate surface area is 77.7 Å². The lowest BCUT2D eigenvalue weighted by Crippen LogP contribution is -2.09. The zero-order chi connectivity index (χ0) is 8.68. The van der Waals surface area contributed by atoms with E-state index < -0.39 is 0 Å². The van der Waals surface area contributed by atoms with Crippen molar-refractivity contribution in [3.63, 3.8) is 0 Å². The van der Waals surface area contributed by atoms with Gasteiger partial charge < -0.3 is 4.74 Å². The third-order valence-corrected chi connectivity index (χ3v) is 4.47. The molecule has 0 aromatic heterocycles. The van der Waals surface area contributed by atoms with E-state index in [9.17, 15) is 0 Å². The van der Waals surface area contributed by atoms with E-state index in [1.807, 2.05) is 0 Å². The molecule has 0 atom stereocenters. The van der Waals surface area contributed by atoms with Crippen LogP contribution in [0.25, 0.3) is 0 Å². The highest BCUT2D eigenvalue weighted by atomic mass is 16.5. The van der Waals surface area contributed by atoms with Gasteiger partial charge in [0.15, 0.2) is 0 Å². The number of ether oxygens (including phenoxy) is 1. The van der Waals surface area contributed by atoms with Crippen LogP contribution in [0, 0.1) is 10.8 Å². The van der Waals surface area contributed by atoms with Crippen LogP contribution in [-0.4, -0.2) is 7.11 Å². The molecule has 3 saturated carbocycles. The van der Waals surface area contributed by atoms with Crippen LogP contribution in [0.3, 0.4) is 0 Å². The first-order valence-corrected chi connectivity index (χ1v) is 4.96. The standard InChI is InChI=1S/C12H12O/c1-13-9-4-2-8(3-5-9)10-11-6-12(10,11)7-11/h2-5,10H,6-7H2,1H3. The Morgan fingerprint density at radius 3 is 2.15 bits per heavy atom. The predicted molar refractivity (Wildman–Crippen MR) is 49.8 cm³/mol. The van der Waals surface area contributed by atoms with Crippen molar-refractivity contribution in [2.45, 2.75) is 18.8 Å². The fraction of sp³-hybridized carbons (Fsp3) is 0.500. The fourth-order valence-electron chi connectivity index (χ4n) is 3.30. The second kappa shape index (κ2) is 1.52. The van der Waals surface area contributed by atoms with E-state index in [2.05, 4.69) is 24.3 Å². The molecule has 3 fully saturated rings. The molecule has 1 aromatic carbocycles. The smallest absolute Gasteiger partial charge is 0.118 e. The van der Waals surface area contributed by atoms with Gasteiger partial charge in [-0.05, 0) is 47.3 Å². The first-order chi connectivity index (χ1) is 6.32. The molecule has 3 aliphatic carbocycles. The highest BCUT2D eigenvalue weighted by Gasteiger charge is 3.04. The monoisotopic (exact) mass is 172 g/mol. The maximum Gasteiger partial charge on any atom is 0.118 e. The van der Waals surface area contributed by atoms with Crippen LogP contribution in [0.2, 0.25) is 0 Å². The molecule has 0 bridgehead atoms. The molecule has 0 unspecified atom stereocenters. The van der Waals surface area contributed by atoms with Crippen LogP contribution < -0.4 is 4.74 Å². The summed E-state index contributed by atoms with van der Waals surface area (Å²) in [4.78, 5) is 0. The summed E-state index contributed by atoms with van der Waals surface area (Å²) < 4.78 is 5.14. The molecule has 0 spiro atoms. The van der Waals surface area contributed by atoms with E-state index in [0.29, 0.717) is 0 Å². The van der Waals surface area contributed by atoms with Gasteiger partial charge in [0.1, 0.15) is 5.75 Å². The zero-order valence-corrected chi connectivity index (χ0v) is 7.71. The largest absolute Gasteiger partial charge is 0.497 e. The average molecular weight is 172 g/mol. The van der Waals surface area contributed by atoms with E-state index in [0.717, 1.165) is 22.5 Å². The second-order valence-electron chi connectivity index (χ2n) is 4.87. The third kappa shape index (κ3) is 0.508. The van der Waals surface area contributed by atoms with Gasteiger partial charge >= 0.3 is 0 Å². The Morgan fingerprint density at radius 1 is 1.15 bits per heavy atom. The van der Waals surface area contributed by atoms with Crippen molar-refractivity contribution in [1.82, 2.24) is 0 Å². The Balaban J connectivity index is 1.66. The van der Waals surface area contributed by atoms with Crippen LogP contribution in [0.15, 0.2) is 24.3 Å². The Kier molecular flexibility index (Phi) is 0.754. The third-order valence-electron chi connectivity index (χ3n) is 4.47.